The van der Waals surface area contributed by atoms with Crippen molar-refractivity contribution in [1.29, 1.82) is 0 Å². The minimum Gasteiger partial charge on any atom is -0.361 e. The minimum atomic E-state index is -0.307. The van der Waals surface area contributed by atoms with Gasteiger partial charge in [0.2, 0.25) is 5.91 Å². The van der Waals surface area contributed by atoms with Crippen molar-refractivity contribution in [1.82, 2.24) is 15.4 Å². The third-order valence-corrected chi connectivity index (χ3v) is 4.77. The Morgan fingerprint density at radius 3 is 2.76 bits per heavy atom. The fourth-order valence-electron chi connectivity index (χ4n) is 3.30. The van der Waals surface area contributed by atoms with Crippen LogP contribution in [-0.4, -0.2) is 35.1 Å². The Morgan fingerprint density at radius 2 is 2.12 bits per heavy atom. The number of likely N-dealkylation sites (tertiary alicyclic amines) is 1. The molecule has 6 heteroatoms. The normalized spacial score (nSPS) is 16.1. The summed E-state index contributed by atoms with van der Waals surface area (Å²) in [4.78, 5) is 14.5. The molecule has 0 saturated carbocycles. The van der Waals surface area contributed by atoms with Gasteiger partial charge in [-0.15, -0.1) is 0 Å². The van der Waals surface area contributed by atoms with Crippen LogP contribution in [0.3, 0.4) is 0 Å². The minimum absolute atomic E-state index is 0.0465. The maximum absolute atomic E-state index is 13.2. The first kappa shape index (κ1) is 17.6. The molecule has 1 amide bonds. The van der Waals surface area contributed by atoms with Crippen LogP contribution < -0.4 is 5.32 Å². The molecule has 2 aromatic rings. The Bertz CT molecular complexity index is 717. The second kappa shape index (κ2) is 7.78. The summed E-state index contributed by atoms with van der Waals surface area (Å²) in [6, 6.07) is 6.38. The summed E-state index contributed by atoms with van der Waals surface area (Å²) in [5.74, 6) is 0.524. The van der Waals surface area contributed by atoms with Crippen LogP contribution in [0.5, 0.6) is 0 Å². The van der Waals surface area contributed by atoms with Crippen molar-refractivity contribution in [2.45, 2.75) is 45.7 Å². The number of aromatic nitrogens is 1. The Morgan fingerprint density at radius 1 is 1.36 bits per heavy atom. The standard InChI is InChI=1S/C19H24FN3O2/c1-13-18(14(2)25-22-13)12-23-8-6-17(7-9-23)21-19(24)11-15-4-3-5-16(20)10-15/h3-5,10,17H,6-9,11-12H2,1-2H3,(H,21,24). The molecule has 1 saturated heterocycles. The van der Waals surface area contributed by atoms with Gasteiger partial charge in [-0.05, 0) is 44.4 Å². The van der Waals surface area contributed by atoms with Crippen molar-refractivity contribution < 1.29 is 13.7 Å². The first-order chi connectivity index (χ1) is 12.0. The highest BCUT2D eigenvalue weighted by atomic mass is 19.1. The van der Waals surface area contributed by atoms with Gasteiger partial charge in [0.05, 0.1) is 12.1 Å². The lowest BCUT2D eigenvalue weighted by Gasteiger charge is -2.32. The molecule has 1 N–H and O–H groups in total. The molecular weight excluding hydrogens is 321 g/mol. The Balaban J connectivity index is 1.45. The summed E-state index contributed by atoms with van der Waals surface area (Å²) in [5.41, 5.74) is 2.81. The van der Waals surface area contributed by atoms with Gasteiger partial charge in [-0.1, -0.05) is 17.3 Å². The van der Waals surface area contributed by atoms with Gasteiger partial charge in [0.25, 0.3) is 0 Å². The molecule has 0 bridgehead atoms. The summed E-state index contributed by atoms with van der Waals surface area (Å²) < 4.78 is 18.4. The summed E-state index contributed by atoms with van der Waals surface area (Å²) in [7, 11) is 0. The van der Waals surface area contributed by atoms with E-state index in [0.29, 0.717) is 5.56 Å². The third kappa shape index (κ3) is 4.66. The fourth-order valence-corrected chi connectivity index (χ4v) is 3.30. The number of carbonyl (C=O) groups excluding carboxylic acids is 1. The van der Waals surface area contributed by atoms with E-state index in [0.717, 1.165) is 49.5 Å². The maximum Gasteiger partial charge on any atom is 0.224 e. The van der Waals surface area contributed by atoms with Crippen LogP contribution in [-0.2, 0) is 17.8 Å². The van der Waals surface area contributed by atoms with Crippen LogP contribution in [0.1, 0.15) is 35.4 Å². The number of nitrogens with one attached hydrogen (secondary N) is 1. The van der Waals surface area contributed by atoms with Crippen LogP contribution >= 0.6 is 0 Å². The number of amides is 1. The third-order valence-electron chi connectivity index (χ3n) is 4.77. The Labute approximate surface area is 147 Å². The van der Waals surface area contributed by atoms with E-state index in [-0.39, 0.29) is 24.2 Å². The van der Waals surface area contributed by atoms with Gasteiger partial charge in [0.15, 0.2) is 0 Å². The molecule has 2 heterocycles. The van der Waals surface area contributed by atoms with Crippen molar-refractivity contribution in [3.63, 3.8) is 0 Å². The number of nitrogens with zero attached hydrogens (tertiary/aromatic N) is 2. The van der Waals surface area contributed by atoms with Crippen molar-refractivity contribution in [2.75, 3.05) is 13.1 Å². The van der Waals surface area contributed by atoms with E-state index >= 15 is 0 Å². The second-order valence-electron chi connectivity index (χ2n) is 6.73. The smallest absolute Gasteiger partial charge is 0.224 e. The number of hydrogen-bond donors (Lipinski definition) is 1. The van der Waals surface area contributed by atoms with Gasteiger partial charge >= 0.3 is 0 Å². The molecular formula is C19H24FN3O2. The first-order valence-corrected chi connectivity index (χ1v) is 8.69. The number of hydrogen-bond acceptors (Lipinski definition) is 4. The summed E-state index contributed by atoms with van der Waals surface area (Å²) >= 11 is 0. The average Bonchev–Trinajstić information content (AvgIpc) is 2.88. The summed E-state index contributed by atoms with van der Waals surface area (Å²) in [6.07, 6.45) is 2.05. The van der Waals surface area contributed by atoms with Gasteiger partial charge in [-0.3, -0.25) is 9.69 Å². The largest absolute Gasteiger partial charge is 0.361 e. The predicted molar refractivity (Wildman–Crippen MR) is 92.5 cm³/mol. The van der Waals surface area contributed by atoms with Crippen LogP contribution in [0.25, 0.3) is 0 Å². The van der Waals surface area contributed by atoms with E-state index in [1.807, 2.05) is 13.8 Å². The average molecular weight is 345 g/mol. The molecule has 1 aliphatic heterocycles. The molecule has 0 spiro atoms. The number of benzene rings is 1. The monoisotopic (exact) mass is 345 g/mol. The van der Waals surface area contributed by atoms with Gasteiger partial charge in [-0.25, -0.2) is 4.39 Å². The number of halogens is 1. The lowest BCUT2D eigenvalue weighted by molar-refractivity contribution is -0.121. The van der Waals surface area contributed by atoms with Crippen LogP contribution in [0, 0.1) is 19.7 Å². The molecule has 1 aliphatic rings. The van der Waals surface area contributed by atoms with E-state index < -0.39 is 0 Å². The second-order valence-corrected chi connectivity index (χ2v) is 6.73. The highest BCUT2D eigenvalue weighted by molar-refractivity contribution is 5.78. The van der Waals surface area contributed by atoms with E-state index in [1.54, 1.807) is 12.1 Å². The molecule has 0 unspecified atom stereocenters. The Kier molecular flexibility index (Phi) is 5.48. The zero-order valence-corrected chi connectivity index (χ0v) is 14.7. The van der Waals surface area contributed by atoms with Gasteiger partial charge < -0.3 is 9.84 Å². The van der Waals surface area contributed by atoms with E-state index in [9.17, 15) is 9.18 Å². The molecule has 25 heavy (non-hydrogen) atoms. The summed E-state index contributed by atoms with van der Waals surface area (Å²) in [5, 5.41) is 7.07. The molecule has 0 atom stereocenters. The highest BCUT2D eigenvalue weighted by Crippen LogP contribution is 2.18. The molecule has 1 aromatic heterocycles. The molecule has 134 valence electrons. The maximum atomic E-state index is 13.2. The van der Waals surface area contributed by atoms with Gasteiger partial charge in [0.1, 0.15) is 11.6 Å². The van der Waals surface area contributed by atoms with E-state index in [1.165, 1.54) is 12.1 Å². The number of piperidine rings is 1. The van der Waals surface area contributed by atoms with Crippen LogP contribution in [0.2, 0.25) is 0 Å². The predicted octanol–water partition coefficient (Wildman–Crippen LogP) is 2.75. The van der Waals surface area contributed by atoms with Crippen molar-refractivity contribution in [3.8, 4) is 0 Å². The molecule has 5 nitrogen and oxygen atoms in total. The van der Waals surface area contributed by atoms with Crippen LogP contribution in [0.4, 0.5) is 4.39 Å². The first-order valence-electron chi connectivity index (χ1n) is 8.69. The van der Waals surface area contributed by atoms with E-state index in [4.69, 9.17) is 4.52 Å². The molecule has 1 aromatic carbocycles. The van der Waals surface area contributed by atoms with Crippen molar-refractivity contribution in [2.24, 2.45) is 0 Å². The zero-order chi connectivity index (χ0) is 17.8. The molecule has 0 radical (unpaired) electrons. The fraction of sp³-hybridized carbons (Fsp3) is 0.474. The Hall–Kier alpha value is -2.21. The zero-order valence-electron chi connectivity index (χ0n) is 14.7. The molecule has 0 aliphatic carbocycles. The number of rotatable bonds is 5. The summed E-state index contributed by atoms with van der Waals surface area (Å²) in [6.45, 7) is 6.59. The topological polar surface area (TPSA) is 58.4 Å². The quantitative estimate of drug-likeness (QED) is 0.905. The lowest BCUT2D eigenvalue weighted by Crippen LogP contribution is -2.44. The van der Waals surface area contributed by atoms with Crippen molar-refractivity contribution in [3.05, 3.63) is 52.7 Å². The number of aryl methyl sites for hydroxylation is 2. The van der Waals surface area contributed by atoms with E-state index in [2.05, 4.69) is 15.4 Å². The highest BCUT2D eigenvalue weighted by Gasteiger charge is 2.22. The van der Waals surface area contributed by atoms with Crippen LogP contribution in [0.15, 0.2) is 28.8 Å². The van der Waals surface area contributed by atoms with Gasteiger partial charge in [0, 0.05) is 31.2 Å². The number of carbonyl (C=O) groups is 1. The van der Waals surface area contributed by atoms with Crippen molar-refractivity contribution >= 4 is 5.91 Å². The SMILES string of the molecule is Cc1noc(C)c1CN1CCC(NC(=O)Cc2cccc(F)c2)CC1. The molecule has 3 rings (SSSR count). The lowest BCUT2D eigenvalue weighted by atomic mass is 10.0. The van der Waals surface area contributed by atoms with Gasteiger partial charge in [-0.2, -0.15) is 0 Å². The molecule has 1 fully saturated rings.